The molecule has 0 spiro atoms. The van der Waals surface area contributed by atoms with E-state index >= 15 is 0 Å². The van der Waals surface area contributed by atoms with E-state index in [0.29, 0.717) is 12.1 Å². The molecule has 0 amide bonds. The minimum Gasteiger partial charge on any atom is -0.391 e. The maximum Gasteiger partial charge on any atom is 0.0695 e. The van der Waals surface area contributed by atoms with Crippen LogP contribution < -0.4 is 0 Å². The Labute approximate surface area is 87.3 Å². The molecule has 1 saturated heterocycles. The van der Waals surface area contributed by atoms with E-state index in [1.807, 2.05) is 0 Å². The van der Waals surface area contributed by atoms with E-state index in [2.05, 4.69) is 18.7 Å². The lowest BCUT2D eigenvalue weighted by molar-refractivity contribution is 0.0155. The fourth-order valence-corrected chi connectivity index (χ4v) is 3.27. The van der Waals surface area contributed by atoms with Crippen LogP contribution in [0.2, 0.25) is 0 Å². The predicted octanol–water partition coefficient (Wildman–Crippen LogP) is 2.02. The van der Waals surface area contributed by atoms with E-state index in [-0.39, 0.29) is 6.10 Å². The van der Waals surface area contributed by atoms with E-state index < -0.39 is 0 Å². The molecule has 1 saturated carbocycles. The first-order chi connectivity index (χ1) is 6.68. The Bertz CT molecular complexity index is 191. The summed E-state index contributed by atoms with van der Waals surface area (Å²) in [5.74, 6) is 0.819. The number of aliphatic hydroxyl groups excluding tert-OH is 1. The summed E-state index contributed by atoms with van der Waals surface area (Å²) in [6.07, 6.45) is 6.00. The third kappa shape index (κ3) is 1.96. The predicted molar refractivity (Wildman–Crippen MR) is 58.2 cm³/mol. The summed E-state index contributed by atoms with van der Waals surface area (Å²) in [5.41, 5.74) is 0. The highest BCUT2D eigenvalue weighted by molar-refractivity contribution is 4.90. The molecule has 4 atom stereocenters. The summed E-state index contributed by atoms with van der Waals surface area (Å²) < 4.78 is 0. The molecule has 2 nitrogen and oxygen atoms in total. The van der Waals surface area contributed by atoms with Gasteiger partial charge in [-0.1, -0.05) is 19.8 Å². The molecule has 1 heterocycles. The Morgan fingerprint density at radius 3 is 2.43 bits per heavy atom. The SMILES string of the molecule is CC1CC(C)N([C@@H]2CCCC[C@H]2O)C1. The van der Waals surface area contributed by atoms with Crippen molar-refractivity contribution >= 4 is 0 Å². The second kappa shape index (κ2) is 4.19. The van der Waals surface area contributed by atoms with Gasteiger partial charge < -0.3 is 5.11 Å². The Morgan fingerprint density at radius 1 is 1.14 bits per heavy atom. The lowest BCUT2D eigenvalue weighted by Gasteiger charge is -2.37. The first kappa shape index (κ1) is 10.4. The Balaban J connectivity index is 1.99. The summed E-state index contributed by atoms with van der Waals surface area (Å²) in [6, 6.07) is 1.14. The number of hydrogen-bond acceptors (Lipinski definition) is 2. The Morgan fingerprint density at radius 2 is 1.86 bits per heavy atom. The van der Waals surface area contributed by atoms with Gasteiger partial charge in [-0.15, -0.1) is 0 Å². The van der Waals surface area contributed by atoms with Crippen LogP contribution in [0.1, 0.15) is 46.0 Å². The molecule has 1 aliphatic heterocycles. The van der Waals surface area contributed by atoms with Crippen molar-refractivity contribution in [1.82, 2.24) is 4.90 Å². The standard InChI is InChI=1S/C12H23NO/c1-9-7-10(2)13(8-9)11-5-3-4-6-12(11)14/h9-12,14H,3-8H2,1-2H3/t9?,10?,11-,12-/m1/s1. The van der Waals surface area contributed by atoms with Crippen molar-refractivity contribution in [3.8, 4) is 0 Å². The summed E-state index contributed by atoms with van der Waals surface area (Å²) in [7, 11) is 0. The van der Waals surface area contributed by atoms with Crippen LogP contribution in [-0.2, 0) is 0 Å². The summed E-state index contributed by atoms with van der Waals surface area (Å²) in [6.45, 7) is 5.83. The van der Waals surface area contributed by atoms with E-state index in [0.717, 1.165) is 12.3 Å². The second-order valence-corrected chi connectivity index (χ2v) is 5.31. The molecule has 1 N–H and O–H groups in total. The van der Waals surface area contributed by atoms with Gasteiger partial charge in [0.1, 0.15) is 0 Å². The zero-order valence-corrected chi connectivity index (χ0v) is 9.45. The van der Waals surface area contributed by atoms with Gasteiger partial charge in [0.15, 0.2) is 0 Å². The Hall–Kier alpha value is -0.0800. The fraction of sp³-hybridized carbons (Fsp3) is 1.00. The zero-order valence-electron chi connectivity index (χ0n) is 9.45. The quantitative estimate of drug-likeness (QED) is 0.695. The fourth-order valence-electron chi connectivity index (χ4n) is 3.27. The molecule has 2 fully saturated rings. The van der Waals surface area contributed by atoms with Crippen LogP contribution in [0.5, 0.6) is 0 Å². The van der Waals surface area contributed by atoms with Gasteiger partial charge in [0, 0.05) is 18.6 Å². The van der Waals surface area contributed by atoms with Gasteiger partial charge in [0.25, 0.3) is 0 Å². The molecule has 2 rings (SSSR count). The van der Waals surface area contributed by atoms with Crippen LogP contribution in [0.15, 0.2) is 0 Å². The topological polar surface area (TPSA) is 23.5 Å². The van der Waals surface area contributed by atoms with Gasteiger partial charge in [-0.25, -0.2) is 0 Å². The number of aliphatic hydroxyl groups is 1. The van der Waals surface area contributed by atoms with E-state index in [1.54, 1.807) is 0 Å². The van der Waals surface area contributed by atoms with Gasteiger partial charge >= 0.3 is 0 Å². The lowest BCUT2D eigenvalue weighted by Crippen LogP contribution is -2.47. The smallest absolute Gasteiger partial charge is 0.0695 e. The van der Waals surface area contributed by atoms with Crippen molar-refractivity contribution in [2.75, 3.05) is 6.54 Å². The molecule has 0 aromatic carbocycles. The highest BCUT2D eigenvalue weighted by Gasteiger charge is 2.36. The zero-order chi connectivity index (χ0) is 10.1. The third-order valence-corrected chi connectivity index (χ3v) is 3.95. The maximum atomic E-state index is 9.99. The average Bonchev–Trinajstić information content (AvgIpc) is 2.46. The molecule has 1 aliphatic carbocycles. The van der Waals surface area contributed by atoms with Crippen molar-refractivity contribution < 1.29 is 5.11 Å². The monoisotopic (exact) mass is 197 g/mol. The molecule has 2 heteroatoms. The van der Waals surface area contributed by atoms with Crippen molar-refractivity contribution in [3.63, 3.8) is 0 Å². The molecule has 0 aromatic rings. The average molecular weight is 197 g/mol. The summed E-state index contributed by atoms with van der Waals surface area (Å²) >= 11 is 0. The van der Waals surface area contributed by atoms with E-state index in [4.69, 9.17) is 0 Å². The van der Waals surface area contributed by atoms with Gasteiger partial charge in [0.05, 0.1) is 6.10 Å². The maximum absolute atomic E-state index is 9.99. The van der Waals surface area contributed by atoms with Gasteiger partial charge in [-0.05, 0) is 32.1 Å². The van der Waals surface area contributed by atoms with Gasteiger partial charge in [0.2, 0.25) is 0 Å². The largest absolute Gasteiger partial charge is 0.391 e. The molecular weight excluding hydrogens is 174 g/mol. The van der Waals surface area contributed by atoms with Crippen molar-refractivity contribution in [3.05, 3.63) is 0 Å². The van der Waals surface area contributed by atoms with Crippen LogP contribution in [0.4, 0.5) is 0 Å². The summed E-state index contributed by atoms with van der Waals surface area (Å²) in [5, 5.41) is 9.99. The molecule has 14 heavy (non-hydrogen) atoms. The highest BCUT2D eigenvalue weighted by Crippen LogP contribution is 2.31. The number of hydrogen-bond donors (Lipinski definition) is 1. The van der Waals surface area contributed by atoms with Gasteiger partial charge in [-0.2, -0.15) is 0 Å². The summed E-state index contributed by atoms with van der Waals surface area (Å²) in [4.78, 5) is 2.55. The van der Waals surface area contributed by atoms with E-state index in [1.165, 1.54) is 32.2 Å². The number of rotatable bonds is 1. The number of likely N-dealkylation sites (tertiary alicyclic amines) is 1. The van der Waals surface area contributed by atoms with Crippen LogP contribution in [0.25, 0.3) is 0 Å². The molecule has 2 unspecified atom stereocenters. The number of nitrogens with zero attached hydrogens (tertiary/aromatic N) is 1. The van der Waals surface area contributed by atoms with Crippen LogP contribution in [0.3, 0.4) is 0 Å². The molecular formula is C12H23NO. The van der Waals surface area contributed by atoms with Crippen molar-refractivity contribution in [2.24, 2.45) is 5.92 Å². The molecule has 2 aliphatic rings. The van der Waals surface area contributed by atoms with E-state index in [9.17, 15) is 5.11 Å². The van der Waals surface area contributed by atoms with Crippen molar-refractivity contribution in [1.29, 1.82) is 0 Å². The van der Waals surface area contributed by atoms with Crippen LogP contribution in [0, 0.1) is 5.92 Å². The Kier molecular flexibility index (Phi) is 3.13. The minimum atomic E-state index is -0.0588. The minimum absolute atomic E-state index is 0.0588. The van der Waals surface area contributed by atoms with Crippen LogP contribution in [-0.4, -0.2) is 34.7 Å². The molecule has 0 radical (unpaired) electrons. The first-order valence-electron chi connectivity index (χ1n) is 6.12. The first-order valence-corrected chi connectivity index (χ1v) is 6.12. The molecule has 0 aromatic heterocycles. The second-order valence-electron chi connectivity index (χ2n) is 5.31. The lowest BCUT2D eigenvalue weighted by atomic mass is 9.91. The molecule has 82 valence electrons. The van der Waals surface area contributed by atoms with Crippen molar-refractivity contribution in [2.45, 2.75) is 64.1 Å². The normalized spacial score (nSPS) is 45.6. The van der Waals surface area contributed by atoms with Gasteiger partial charge in [-0.3, -0.25) is 4.90 Å². The highest BCUT2D eigenvalue weighted by atomic mass is 16.3. The molecule has 0 bridgehead atoms. The third-order valence-electron chi connectivity index (χ3n) is 3.95. The van der Waals surface area contributed by atoms with Crippen LogP contribution >= 0.6 is 0 Å².